The third-order valence-corrected chi connectivity index (χ3v) is 7.46. The number of benzene rings is 1. The van der Waals surface area contributed by atoms with E-state index in [1.165, 1.54) is 12.4 Å². The molecule has 2 fully saturated rings. The predicted molar refractivity (Wildman–Crippen MR) is 128 cm³/mol. The number of hydrogen-bond acceptors (Lipinski definition) is 6. The number of carbonyl (C=O) groups is 1. The molecule has 2 aliphatic rings. The number of halogens is 3. The highest BCUT2D eigenvalue weighted by Gasteiger charge is 2.41. The van der Waals surface area contributed by atoms with Crippen molar-refractivity contribution in [3.63, 3.8) is 0 Å². The Hall–Kier alpha value is -2.46. The van der Waals surface area contributed by atoms with Crippen LogP contribution in [0, 0.1) is 11.3 Å². The Morgan fingerprint density at radius 3 is 2.40 bits per heavy atom. The fourth-order valence-electron chi connectivity index (χ4n) is 5.47. The van der Waals surface area contributed by atoms with Crippen LogP contribution in [-0.2, 0) is 11.0 Å². The molecular weight excluding hydrogens is 459 g/mol. The third kappa shape index (κ3) is 5.53. The minimum absolute atomic E-state index is 0.0898. The average molecular weight is 494 g/mol. The Morgan fingerprint density at radius 2 is 1.83 bits per heavy atom. The van der Waals surface area contributed by atoms with Crippen molar-refractivity contribution in [3.05, 3.63) is 30.1 Å². The van der Waals surface area contributed by atoms with Crippen molar-refractivity contribution < 1.29 is 23.1 Å². The zero-order valence-electron chi connectivity index (χ0n) is 20.4. The average Bonchev–Trinajstić information content (AvgIpc) is 2.75. The predicted octanol–water partition coefficient (Wildman–Crippen LogP) is 3.59. The van der Waals surface area contributed by atoms with Crippen LogP contribution in [0.3, 0.4) is 0 Å². The number of amides is 1. The maximum absolute atomic E-state index is 13.3. The van der Waals surface area contributed by atoms with E-state index < -0.39 is 17.6 Å². The molecule has 1 aliphatic heterocycles. The molecule has 35 heavy (non-hydrogen) atoms. The fraction of sp³-hybridized carbons (Fsp3) is 0.640. The molecule has 0 radical (unpaired) electrons. The molecule has 1 atom stereocenters. The van der Waals surface area contributed by atoms with E-state index in [-0.39, 0.29) is 29.5 Å². The minimum Gasteiger partial charge on any atom is -0.392 e. The van der Waals surface area contributed by atoms with E-state index in [9.17, 15) is 23.1 Å². The van der Waals surface area contributed by atoms with Crippen molar-refractivity contribution in [2.24, 2.45) is 17.1 Å². The number of hydrogen-bond donors (Lipinski definition) is 2. The van der Waals surface area contributed by atoms with Gasteiger partial charge in [0.2, 0.25) is 5.91 Å². The summed E-state index contributed by atoms with van der Waals surface area (Å²) in [6, 6.07) is 3.66. The molecule has 4 rings (SSSR count). The first-order chi connectivity index (χ1) is 16.3. The van der Waals surface area contributed by atoms with Gasteiger partial charge in [0.25, 0.3) is 0 Å². The Bertz CT molecular complexity index is 1060. The molecule has 1 aromatic heterocycles. The van der Waals surface area contributed by atoms with Gasteiger partial charge in [0.15, 0.2) is 0 Å². The first-order valence-corrected chi connectivity index (χ1v) is 12.1. The number of nitrogens with two attached hydrogens (primary N) is 1. The Balaban J connectivity index is 1.48. The molecule has 1 saturated carbocycles. The van der Waals surface area contributed by atoms with Crippen molar-refractivity contribution in [2.45, 2.75) is 70.8 Å². The molecule has 10 heteroatoms. The standard InChI is InChI=1S/C25H34F3N5O2/c1-24(2,3)22(35)15-4-7-17(8-5-15)32-11-18(12-32)33(13-21(29)34)23-19-10-16(25(26,27)28)6-9-20(19)30-14-31-23/h6,9-10,14-15,17-18,22,35H,4-5,7-8,11-13H2,1-3H3,(H2,29,34). The van der Waals surface area contributed by atoms with Crippen LogP contribution in [0.4, 0.5) is 19.0 Å². The summed E-state index contributed by atoms with van der Waals surface area (Å²) in [6.45, 7) is 7.40. The van der Waals surface area contributed by atoms with Gasteiger partial charge in [-0.15, -0.1) is 0 Å². The van der Waals surface area contributed by atoms with Gasteiger partial charge >= 0.3 is 6.18 Å². The Morgan fingerprint density at radius 1 is 1.17 bits per heavy atom. The second kappa shape index (κ2) is 9.54. The van der Waals surface area contributed by atoms with Gasteiger partial charge in [-0.25, -0.2) is 9.97 Å². The molecule has 1 saturated heterocycles. The van der Waals surface area contributed by atoms with Gasteiger partial charge in [0.1, 0.15) is 12.1 Å². The monoisotopic (exact) mass is 493 g/mol. The number of likely N-dealkylation sites (tertiary alicyclic amines) is 1. The van der Waals surface area contributed by atoms with Gasteiger partial charge in [-0.3, -0.25) is 9.69 Å². The summed E-state index contributed by atoms with van der Waals surface area (Å²) in [4.78, 5) is 24.3. The summed E-state index contributed by atoms with van der Waals surface area (Å²) in [7, 11) is 0. The van der Waals surface area contributed by atoms with Crippen molar-refractivity contribution in [1.82, 2.24) is 14.9 Å². The number of anilines is 1. The Kier molecular flexibility index (Phi) is 6.98. The molecule has 1 unspecified atom stereocenters. The molecule has 7 nitrogen and oxygen atoms in total. The number of alkyl halides is 3. The van der Waals surface area contributed by atoms with Gasteiger partial charge in [-0.2, -0.15) is 13.2 Å². The number of fused-ring (bicyclic) bond motifs is 1. The summed E-state index contributed by atoms with van der Waals surface area (Å²) in [5, 5.41) is 10.9. The molecule has 1 aliphatic carbocycles. The lowest BCUT2D eigenvalue weighted by molar-refractivity contribution is -0.137. The van der Waals surface area contributed by atoms with E-state index in [4.69, 9.17) is 5.73 Å². The second-order valence-electron chi connectivity index (χ2n) is 11.0. The molecule has 3 N–H and O–H groups in total. The molecule has 192 valence electrons. The highest BCUT2D eigenvalue weighted by atomic mass is 19.4. The quantitative estimate of drug-likeness (QED) is 0.639. The van der Waals surface area contributed by atoms with Gasteiger partial charge in [-0.05, 0) is 55.2 Å². The number of carbonyl (C=O) groups excluding carboxylic acids is 1. The SMILES string of the molecule is CC(C)(C)C(O)C1CCC(N2CC(N(CC(N)=O)c3ncnc4ccc(C(F)(F)F)cc34)C2)CC1. The van der Waals surface area contributed by atoms with Crippen LogP contribution in [0.25, 0.3) is 10.9 Å². The summed E-state index contributed by atoms with van der Waals surface area (Å²) in [5.41, 5.74) is 4.96. The number of aliphatic hydroxyl groups excluding tert-OH is 1. The van der Waals surface area contributed by atoms with Crippen LogP contribution >= 0.6 is 0 Å². The van der Waals surface area contributed by atoms with Crippen LogP contribution in [0.15, 0.2) is 24.5 Å². The maximum atomic E-state index is 13.3. The summed E-state index contributed by atoms with van der Waals surface area (Å²) >= 11 is 0. The summed E-state index contributed by atoms with van der Waals surface area (Å²) in [5.74, 6) is 0.0188. The second-order valence-corrected chi connectivity index (χ2v) is 11.0. The molecule has 2 aromatic rings. The van der Waals surface area contributed by atoms with Crippen molar-refractivity contribution in [1.29, 1.82) is 0 Å². The number of aromatic nitrogens is 2. The zero-order chi connectivity index (χ0) is 25.5. The van der Waals surface area contributed by atoms with Crippen LogP contribution in [0.2, 0.25) is 0 Å². The highest BCUT2D eigenvalue weighted by molar-refractivity contribution is 5.92. The fourth-order valence-corrected chi connectivity index (χ4v) is 5.47. The lowest BCUT2D eigenvalue weighted by Crippen LogP contribution is -2.64. The third-order valence-electron chi connectivity index (χ3n) is 7.46. The zero-order valence-corrected chi connectivity index (χ0v) is 20.4. The van der Waals surface area contributed by atoms with Crippen LogP contribution < -0.4 is 10.6 Å². The number of nitrogens with zero attached hydrogens (tertiary/aromatic N) is 4. The largest absolute Gasteiger partial charge is 0.416 e. The topological polar surface area (TPSA) is 95.6 Å². The van der Waals surface area contributed by atoms with Crippen LogP contribution in [0.1, 0.15) is 52.0 Å². The first-order valence-electron chi connectivity index (χ1n) is 12.1. The molecule has 1 amide bonds. The van der Waals surface area contributed by atoms with E-state index in [2.05, 4.69) is 35.6 Å². The van der Waals surface area contributed by atoms with Crippen LogP contribution in [-0.4, -0.2) is 63.7 Å². The van der Waals surface area contributed by atoms with Gasteiger partial charge in [0, 0.05) is 24.5 Å². The van der Waals surface area contributed by atoms with E-state index in [0.29, 0.717) is 36.4 Å². The lowest BCUT2D eigenvalue weighted by atomic mass is 9.73. The normalized spacial score (nSPS) is 23.2. The highest BCUT2D eigenvalue weighted by Crippen LogP contribution is 2.39. The number of primary amides is 1. The molecule has 0 spiro atoms. The van der Waals surface area contributed by atoms with Gasteiger partial charge in [-0.1, -0.05) is 20.8 Å². The maximum Gasteiger partial charge on any atom is 0.416 e. The molecule has 2 heterocycles. The molecule has 1 aromatic carbocycles. The summed E-state index contributed by atoms with van der Waals surface area (Å²) in [6.07, 6.45) is 0.390. The lowest BCUT2D eigenvalue weighted by Gasteiger charge is -2.51. The van der Waals surface area contributed by atoms with Crippen LogP contribution in [0.5, 0.6) is 0 Å². The van der Waals surface area contributed by atoms with E-state index >= 15 is 0 Å². The Labute approximate surface area is 203 Å². The van der Waals surface area contributed by atoms with E-state index in [1.54, 1.807) is 4.90 Å². The van der Waals surface area contributed by atoms with Gasteiger partial charge < -0.3 is 15.7 Å². The molecule has 0 bridgehead atoms. The molecular formula is C25H34F3N5O2. The van der Waals surface area contributed by atoms with Crippen molar-refractivity contribution in [2.75, 3.05) is 24.5 Å². The van der Waals surface area contributed by atoms with E-state index in [0.717, 1.165) is 37.8 Å². The minimum atomic E-state index is -4.50. The number of aliphatic hydroxyl groups is 1. The first kappa shape index (κ1) is 25.6. The van der Waals surface area contributed by atoms with Crippen molar-refractivity contribution in [3.8, 4) is 0 Å². The van der Waals surface area contributed by atoms with E-state index in [1.807, 2.05) is 0 Å². The number of rotatable bonds is 6. The summed E-state index contributed by atoms with van der Waals surface area (Å²) < 4.78 is 40.0. The van der Waals surface area contributed by atoms with Crippen molar-refractivity contribution >= 4 is 22.6 Å². The van der Waals surface area contributed by atoms with Gasteiger partial charge in [0.05, 0.1) is 29.8 Å². The smallest absolute Gasteiger partial charge is 0.392 e.